The van der Waals surface area contributed by atoms with Crippen LogP contribution in [0.15, 0.2) is 36.7 Å². The van der Waals surface area contributed by atoms with Gasteiger partial charge in [-0.3, -0.25) is 16.3 Å². The molecule has 1 atom stereocenters. The first kappa shape index (κ1) is 14.2. The molecule has 3 nitrogen and oxygen atoms in total. The van der Waals surface area contributed by atoms with Crippen molar-refractivity contribution in [2.24, 2.45) is 5.84 Å². The van der Waals surface area contributed by atoms with Gasteiger partial charge in [0.2, 0.25) is 0 Å². The molecule has 0 fully saturated rings. The third-order valence-electron chi connectivity index (χ3n) is 2.81. The van der Waals surface area contributed by atoms with E-state index in [0.717, 1.165) is 5.56 Å². The van der Waals surface area contributed by atoms with Gasteiger partial charge in [0.05, 0.1) is 11.1 Å². The lowest BCUT2D eigenvalue weighted by molar-refractivity contribution is 0.548. The summed E-state index contributed by atoms with van der Waals surface area (Å²) in [6.07, 6.45) is 3.59. The zero-order valence-electron chi connectivity index (χ0n) is 9.91. The number of hydrazine groups is 1. The van der Waals surface area contributed by atoms with Crippen LogP contribution >= 0.6 is 23.2 Å². The summed E-state index contributed by atoms with van der Waals surface area (Å²) in [5, 5.41) is 0.991. The number of rotatable bonds is 4. The van der Waals surface area contributed by atoms with Crippen LogP contribution < -0.4 is 11.3 Å². The van der Waals surface area contributed by atoms with E-state index in [2.05, 4.69) is 10.4 Å². The van der Waals surface area contributed by atoms with Gasteiger partial charge in [-0.25, -0.2) is 4.39 Å². The average molecular weight is 300 g/mol. The Morgan fingerprint density at radius 2 is 2.05 bits per heavy atom. The molecule has 2 rings (SSSR count). The molecule has 0 aliphatic heterocycles. The summed E-state index contributed by atoms with van der Waals surface area (Å²) in [5.74, 6) is 5.21. The molecule has 0 saturated heterocycles. The lowest BCUT2D eigenvalue weighted by atomic mass is 10.00. The molecular formula is C13H12Cl2FN3. The molecular weight excluding hydrogens is 288 g/mol. The van der Waals surface area contributed by atoms with Crippen molar-refractivity contribution in [2.75, 3.05) is 0 Å². The fraction of sp³-hybridized carbons (Fsp3) is 0.154. The van der Waals surface area contributed by atoms with Crippen LogP contribution in [-0.2, 0) is 6.42 Å². The van der Waals surface area contributed by atoms with Crippen LogP contribution in [0.5, 0.6) is 0 Å². The van der Waals surface area contributed by atoms with Crippen LogP contribution in [-0.4, -0.2) is 4.98 Å². The van der Waals surface area contributed by atoms with Crippen molar-refractivity contribution in [2.45, 2.75) is 12.5 Å². The predicted octanol–water partition coefficient (Wildman–Crippen LogP) is 3.27. The number of halogens is 3. The first-order valence-electron chi connectivity index (χ1n) is 5.61. The molecule has 1 heterocycles. The highest BCUT2D eigenvalue weighted by molar-refractivity contribution is 6.31. The van der Waals surface area contributed by atoms with Gasteiger partial charge in [-0.15, -0.1) is 0 Å². The van der Waals surface area contributed by atoms with Crippen LogP contribution in [0.3, 0.4) is 0 Å². The van der Waals surface area contributed by atoms with Crippen molar-refractivity contribution < 1.29 is 4.39 Å². The maximum absolute atomic E-state index is 13.2. The number of nitrogens with two attached hydrogens (primary N) is 1. The van der Waals surface area contributed by atoms with Gasteiger partial charge in [0.15, 0.2) is 0 Å². The zero-order chi connectivity index (χ0) is 13.8. The quantitative estimate of drug-likeness (QED) is 0.673. The molecule has 1 aromatic carbocycles. The second kappa shape index (κ2) is 6.30. The topological polar surface area (TPSA) is 50.9 Å². The van der Waals surface area contributed by atoms with Crippen molar-refractivity contribution >= 4 is 23.2 Å². The van der Waals surface area contributed by atoms with Gasteiger partial charge in [0, 0.05) is 17.4 Å². The Balaban J connectivity index is 2.29. The molecule has 0 amide bonds. The SMILES string of the molecule is NNC(Cc1cc(F)ccc1Cl)c1ccncc1Cl. The molecule has 0 aliphatic rings. The van der Waals surface area contributed by atoms with Gasteiger partial charge in [-0.1, -0.05) is 23.2 Å². The Labute approximate surface area is 120 Å². The zero-order valence-corrected chi connectivity index (χ0v) is 11.4. The fourth-order valence-corrected chi connectivity index (χ4v) is 2.29. The highest BCUT2D eigenvalue weighted by Crippen LogP contribution is 2.27. The van der Waals surface area contributed by atoms with E-state index in [1.807, 2.05) is 0 Å². The van der Waals surface area contributed by atoms with Gasteiger partial charge >= 0.3 is 0 Å². The van der Waals surface area contributed by atoms with Crippen LogP contribution in [0, 0.1) is 5.82 Å². The molecule has 2 aromatic rings. The van der Waals surface area contributed by atoms with Gasteiger partial charge < -0.3 is 0 Å². The van der Waals surface area contributed by atoms with E-state index in [1.165, 1.54) is 24.4 Å². The Bertz CT molecular complexity index is 578. The van der Waals surface area contributed by atoms with Gasteiger partial charge in [-0.05, 0) is 41.8 Å². The number of hydrogen-bond acceptors (Lipinski definition) is 3. The minimum Gasteiger partial charge on any atom is -0.271 e. The van der Waals surface area contributed by atoms with E-state index in [-0.39, 0.29) is 11.9 Å². The van der Waals surface area contributed by atoms with Crippen molar-refractivity contribution in [3.63, 3.8) is 0 Å². The number of benzene rings is 1. The molecule has 0 spiro atoms. The van der Waals surface area contributed by atoms with Crippen LogP contribution in [0.2, 0.25) is 10.0 Å². The van der Waals surface area contributed by atoms with E-state index < -0.39 is 0 Å². The monoisotopic (exact) mass is 299 g/mol. The summed E-state index contributed by atoms with van der Waals surface area (Å²) < 4.78 is 13.2. The Kier molecular flexibility index (Phi) is 4.71. The van der Waals surface area contributed by atoms with Crippen molar-refractivity contribution in [1.29, 1.82) is 0 Å². The molecule has 3 N–H and O–H groups in total. The van der Waals surface area contributed by atoms with E-state index in [4.69, 9.17) is 29.0 Å². The first-order chi connectivity index (χ1) is 9.11. The fourth-order valence-electron chi connectivity index (χ4n) is 1.85. The lowest BCUT2D eigenvalue weighted by Gasteiger charge is -2.18. The minimum atomic E-state index is -0.337. The summed E-state index contributed by atoms with van der Waals surface area (Å²) in [7, 11) is 0. The minimum absolute atomic E-state index is 0.269. The second-order valence-electron chi connectivity index (χ2n) is 4.06. The van der Waals surface area contributed by atoms with Crippen molar-refractivity contribution in [3.8, 4) is 0 Å². The highest BCUT2D eigenvalue weighted by Gasteiger charge is 2.15. The van der Waals surface area contributed by atoms with Gasteiger partial charge in [0.25, 0.3) is 0 Å². The maximum atomic E-state index is 13.2. The largest absolute Gasteiger partial charge is 0.271 e. The highest BCUT2D eigenvalue weighted by atomic mass is 35.5. The Hall–Kier alpha value is -1.20. The number of nitrogens with zero attached hydrogens (tertiary/aromatic N) is 1. The van der Waals surface area contributed by atoms with Gasteiger partial charge in [-0.2, -0.15) is 0 Å². The summed E-state index contributed by atoms with van der Waals surface area (Å²) in [6.45, 7) is 0. The van der Waals surface area contributed by atoms with Gasteiger partial charge in [0.1, 0.15) is 5.82 Å². The van der Waals surface area contributed by atoms with Crippen molar-refractivity contribution in [3.05, 3.63) is 63.6 Å². The average Bonchev–Trinajstić information content (AvgIpc) is 2.41. The van der Waals surface area contributed by atoms with E-state index >= 15 is 0 Å². The number of aromatic nitrogens is 1. The summed E-state index contributed by atoms with van der Waals surface area (Å²) >= 11 is 12.1. The molecule has 19 heavy (non-hydrogen) atoms. The molecule has 100 valence electrons. The number of nitrogens with one attached hydrogen (secondary N) is 1. The summed E-state index contributed by atoms with van der Waals surface area (Å²) in [5.41, 5.74) is 4.12. The lowest BCUT2D eigenvalue weighted by Crippen LogP contribution is -2.30. The smallest absolute Gasteiger partial charge is 0.123 e. The summed E-state index contributed by atoms with van der Waals surface area (Å²) in [6, 6.07) is 5.72. The normalized spacial score (nSPS) is 12.4. The predicted molar refractivity (Wildman–Crippen MR) is 74.4 cm³/mol. The van der Waals surface area contributed by atoms with Crippen LogP contribution in [0.1, 0.15) is 17.2 Å². The van der Waals surface area contributed by atoms with E-state index in [1.54, 1.807) is 12.3 Å². The number of pyridine rings is 1. The molecule has 6 heteroatoms. The molecule has 0 bridgehead atoms. The van der Waals surface area contributed by atoms with Crippen LogP contribution in [0.25, 0.3) is 0 Å². The third-order valence-corrected chi connectivity index (χ3v) is 3.50. The third kappa shape index (κ3) is 3.42. The maximum Gasteiger partial charge on any atom is 0.123 e. The second-order valence-corrected chi connectivity index (χ2v) is 4.87. The summed E-state index contributed by atoms with van der Waals surface area (Å²) in [4.78, 5) is 3.91. The van der Waals surface area contributed by atoms with Crippen LogP contribution in [0.4, 0.5) is 4.39 Å². The molecule has 1 aromatic heterocycles. The first-order valence-corrected chi connectivity index (χ1v) is 6.37. The molecule has 1 unspecified atom stereocenters. The molecule has 0 saturated carbocycles. The Morgan fingerprint density at radius 3 is 2.74 bits per heavy atom. The molecule has 0 aliphatic carbocycles. The standard InChI is InChI=1S/C13H12Cl2FN3/c14-11-2-1-9(16)5-8(11)6-13(19-17)10-3-4-18-7-12(10)15/h1-5,7,13,19H,6,17H2. The van der Waals surface area contributed by atoms with E-state index in [0.29, 0.717) is 22.0 Å². The Morgan fingerprint density at radius 1 is 1.26 bits per heavy atom. The van der Waals surface area contributed by atoms with E-state index in [9.17, 15) is 4.39 Å². The van der Waals surface area contributed by atoms with Crippen molar-refractivity contribution in [1.82, 2.24) is 10.4 Å². The molecule has 0 radical (unpaired) electrons. The number of hydrogen-bond donors (Lipinski definition) is 2.